The molecule has 7 nitrogen and oxygen atoms in total. The van der Waals surface area contributed by atoms with Crippen LogP contribution in [-0.2, 0) is 14.6 Å². The van der Waals surface area contributed by atoms with E-state index in [0.717, 1.165) is 35.4 Å². The Hall–Kier alpha value is -1.50. The van der Waals surface area contributed by atoms with Crippen LogP contribution < -0.4 is 10.5 Å². The van der Waals surface area contributed by atoms with Crippen LogP contribution in [0.1, 0.15) is 59.1 Å². The number of nitrogens with zero attached hydrogens (tertiary/aromatic N) is 1. The number of hydrogen-bond donors (Lipinski definition) is 3. The Morgan fingerprint density at radius 2 is 1.77 bits per heavy atom. The largest absolute Gasteiger partial charge is 0.490 e. The number of phosphoric ester groups is 1. The van der Waals surface area contributed by atoms with Crippen LogP contribution in [0, 0.1) is 11.3 Å². The third-order valence-corrected chi connectivity index (χ3v) is 6.45. The number of hydrogen-bond acceptors (Lipinski definition) is 5. The summed E-state index contributed by atoms with van der Waals surface area (Å²) in [7, 11) is -4.59. The second-order valence-corrected chi connectivity index (χ2v) is 10.9. The summed E-state index contributed by atoms with van der Waals surface area (Å²) >= 11 is 0. The highest BCUT2D eigenvalue weighted by atomic mass is 31.2. The SMILES string of the molecule is CC(N)(COP(=O)(O)O)c1ccc2cc(O[C@H]3CC[C@H](C(C)(C)C)CC3)ccc2n1. The maximum Gasteiger partial charge on any atom is 0.469 e. The molecule has 1 saturated carbocycles. The van der Waals surface area contributed by atoms with Crippen LogP contribution in [0.5, 0.6) is 5.75 Å². The fraction of sp³-hybridized carbons (Fsp3) is 0.591. The van der Waals surface area contributed by atoms with Crippen LogP contribution in [0.25, 0.3) is 10.9 Å². The minimum Gasteiger partial charge on any atom is -0.490 e. The molecule has 166 valence electrons. The molecule has 4 N–H and O–H groups in total. The van der Waals surface area contributed by atoms with Gasteiger partial charge in [0.1, 0.15) is 5.75 Å². The van der Waals surface area contributed by atoms with Gasteiger partial charge in [-0.15, -0.1) is 0 Å². The topological polar surface area (TPSA) is 115 Å². The van der Waals surface area contributed by atoms with Gasteiger partial charge in [-0.1, -0.05) is 26.8 Å². The zero-order chi connectivity index (χ0) is 22.2. The number of nitrogens with two attached hydrogens (primary N) is 1. The number of rotatable bonds is 6. The number of pyridine rings is 1. The Labute approximate surface area is 178 Å². The van der Waals surface area contributed by atoms with E-state index in [0.29, 0.717) is 11.1 Å². The first-order chi connectivity index (χ1) is 13.8. The van der Waals surface area contributed by atoms with Crippen molar-refractivity contribution < 1.29 is 23.6 Å². The monoisotopic (exact) mass is 436 g/mol. The molecule has 0 aliphatic heterocycles. The van der Waals surface area contributed by atoms with Crippen molar-refractivity contribution in [3.63, 3.8) is 0 Å². The van der Waals surface area contributed by atoms with Crippen LogP contribution in [0.3, 0.4) is 0 Å². The van der Waals surface area contributed by atoms with Crippen molar-refractivity contribution in [3.8, 4) is 5.75 Å². The average Bonchev–Trinajstić information content (AvgIpc) is 2.65. The zero-order valence-electron chi connectivity index (χ0n) is 18.2. The molecule has 1 atom stereocenters. The molecular formula is C22H33N2O5P. The summed E-state index contributed by atoms with van der Waals surface area (Å²) in [5.41, 5.74) is 6.64. The van der Waals surface area contributed by atoms with E-state index < -0.39 is 13.4 Å². The summed E-state index contributed by atoms with van der Waals surface area (Å²) in [6.45, 7) is 8.23. The molecule has 0 amide bonds. The van der Waals surface area contributed by atoms with Crippen molar-refractivity contribution in [2.75, 3.05) is 6.61 Å². The number of fused-ring (bicyclic) bond motifs is 1. The molecule has 0 spiro atoms. The Morgan fingerprint density at radius 1 is 1.10 bits per heavy atom. The molecular weight excluding hydrogens is 403 g/mol. The Morgan fingerprint density at radius 3 is 2.37 bits per heavy atom. The molecule has 8 heteroatoms. The molecule has 1 aromatic carbocycles. The van der Waals surface area contributed by atoms with Gasteiger partial charge in [-0.25, -0.2) is 4.57 Å². The van der Waals surface area contributed by atoms with Gasteiger partial charge in [-0.3, -0.25) is 9.51 Å². The number of phosphoric acid groups is 1. The summed E-state index contributed by atoms with van der Waals surface area (Å²) in [5, 5.41) is 0.923. The molecule has 1 unspecified atom stereocenters. The second kappa shape index (κ2) is 8.56. The predicted molar refractivity (Wildman–Crippen MR) is 117 cm³/mol. The van der Waals surface area contributed by atoms with Gasteiger partial charge >= 0.3 is 7.82 Å². The van der Waals surface area contributed by atoms with Crippen molar-refractivity contribution in [2.24, 2.45) is 17.1 Å². The third-order valence-electron chi connectivity index (χ3n) is 5.98. The summed E-state index contributed by atoms with van der Waals surface area (Å²) < 4.78 is 21.8. The van der Waals surface area contributed by atoms with Crippen LogP contribution >= 0.6 is 7.82 Å². The van der Waals surface area contributed by atoms with Crippen molar-refractivity contribution in [2.45, 2.75) is 65.0 Å². The number of ether oxygens (including phenoxy) is 1. The Bertz CT molecular complexity index is 927. The lowest BCUT2D eigenvalue weighted by Gasteiger charge is -2.37. The molecule has 1 aliphatic carbocycles. The highest BCUT2D eigenvalue weighted by molar-refractivity contribution is 7.46. The summed E-state index contributed by atoms with van der Waals surface area (Å²) in [6.07, 6.45) is 4.77. The molecule has 0 bridgehead atoms. The van der Waals surface area contributed by atoms with Gasteiger partial charge in [0.2, 0.25) is 0 Å². The Balaban J connectivity index is 1.68. The van der Waals surface area contributed by atoms with Crippen molar-refractivity contribution in [1.82, 2.24) is 4.98 Å². The smallest absolute Gasteiger partial charge is 0.469 e. The van der Waals surface area contributed by atoms with Crippen LogP contribution in [0.4, 0.5) is 0 Å². The first kappa shape index (κ1) is 23.2. The highest BCUT2D eigenvalue weighted by Gasteiger charge is 2.31. The first-order valence-electron chi connectivity index (χ1n) is 10.4. The minimum atomic E-state index is -4.59. The fourth-order valence-electron chi connectivity index (χ4n) is 4.03. The van der Waals surface area contributed by atoms with E-state index in [1.807, 2.05) is 24.3 Å². The van der Waals surface area contributed by atoms with Crippen LogP contribution in [-0.4, -0.2) is 27.5 Å². The zero-order valence-corrected chi connectivity index (χ0v) is 19.1. The molecule has 0 saturated heterocycles. The third kappa shape index (κ3) is 6.02. The maximum absolute atomic E-state index is 11.0. The lowest BCUT2D eigenvalue weighted by molar-refractivity contribution is 0.0883. The van der Waals surface area contributed by atoms with Crippen molar-refractivity contribution in [3.05, 3.63) is 36.0 Å². The lowest BCUT2D eigenvalue weighted by atomic mass is 9.72. The normalized spacial score (nSPS) is 22.6. The fourth-order valence-corrected chi connectivity index (χ4v) is 4.46. The van der Waals surface area contributed by atoms with E-state index in [2.05, 4.69) is 30.3 Å². The van der Waals surface area contributed by atoms with E-state index in [4.69, 9.17) is 20.3 Å². The molecule has 1 fully saturated rings. The summed E-state index contributed by atoms with van der Waals surface area (Å²) in [4.78, 5) is 22.4. The van der Waals surface area contributed by atoms with Gasteiger partial charge < -0.3 is 20.3 Å². The van der Waals surface area contributed by atoms with Gasteiger partial charge in [-0.2, -0.15) is 0 Å². The predicted octanol–water partition coefficient (Wildman–Crippen LogP) is 4.50. The summed E-state index contributed by atoms with van der Waals surface area (Å²) in [6, 6.07) is 9.42. The highest BCUT2D eigenvalue weighted by Crippen LogP contribution is 2.39. The molecule has 0 radical (unpaired) electrons. The van der Waals surface area contributed by atoms with Gasteiger partial charge in [0.05, 0.1) is 29.5 Å². The van der Waals surface area contributed by atoms with Gasteiger partial charge in [0, 0.05) is 5.39 Å². The Kier molecular flexibility index (Phi) is 6.61. The molecule has 1 aliphatic rings. The quantitative estimate of drug-likeness (QED) is 0.571. The van der Waals surface area contributed by atoms with E-state index in [1.165, 1.54) is 12.8 Å². The van der Waals surface area contributed by atoms with E-state index in [-0.39, 0.29) is 12.7 Å². The molecule has 30 heavy (non-hydrogen) atoms. The van der Waals surface area contributed by atoms with E-state index >= 15 is 0 Å². The maximum atomic E-state index is 11.0. The average molecular weight is 436 g/mol. The molecule has 1 aromatic heterocycles. The van der Waals surface area contributed by atoms with Gasteiger partial charge in [0.15, 0.2) is 0 Å². The standard InChI is InChI=1S/C22H33N2O5P/c1-21(2,3)16-6-8-17(9-7-16)29-18-10-11-19-15(13-18)5-12-20(24-19)22(4,23)14-28-30(25,26)27/h5,10-13,16-17H,6-9,14,23H2,1-4H3,(H2,25,26,27)/t16-,17-,22?. The molecule has 3 rings (SSSR count). The number of aromatic nitrogens is 1. The second-order valence-electron chi connectivity index (χ2n) is 9.69. The minimum absolute atomic E-state index is 0.241. The van der Waals surface area contributed by atoms with Crippen molar-refractivity contribution >= 4 is 18.7 Å². The van der Waals surface area contributed by atoms with Crippen molar-refractivity contribution in [1.29, 1.82) is 0 Å². The summed E-state index contributed by atoms with van der Waals surface area (Å²) in [5.74, 6) is 1.58. The molecule has 2 aromatic rings. The van der Waals surface area contributed by atoms with Gasteiger partial charge in [0.25, 0.3) is 0 Å². The van der Waals surface area contributed by atoms with Crippen LogP contribution in [0.2, 0.25) is 0 Å². The first-order valence-corrected chi connectivity index (χ1v) is 11.9. The lowest BCUT2D eigenvalue weighted by Crippen LogP contribution is -2.38. The van der Waals surface area contributed by atoms with Gasteiger partial charge in [-0.05, 0) is 68.2 Å². The number of benzene rings is 1. The van der Waals surface area contributed by atoms with Crippen LogP contribution in [0.15, 0.2) is 30.3 Å². The van der Waals surface area contributed by atoms with E-state index in [1.54, 1.807) is 13.0 Å². The molecule has 1 heterocycles. The van der Waals surface area contributed by atoms with E-state index in [9.17, 15) is 4.57 Å².